The zero-order valence-electron chi connectivity index (χ0n) is 11.1. The summed E-state index contributed by atoms with van der Waals surface area (Å²) in [5.41, 5.74) is 0.669. The Balaban J connectivity index is 2.45. The van der Waals surface area contributed by atoms with Crippen LogP contribution in [0, 0.1) is 0 Å². The molecule has 4 N–H and O–H groups in total. The Hall–Kier alpha value is -1.89. The number of carboxylic acids is 1. The van der Waals surface area contributed by atoms with Crippen molar-refractivity contribution in [3.8, 4) is 0 Å². The molecule has 7 heteroatoms. The molecule has 0 saturated heterocycles. The second kappa shape index (κ2) is 7.52. The van der Waals surface area contributed by atoms with Gasteiger partial charge in [0.1, 0.15) is 6.04 Å². The Kier molecular flexibility index (Phi) is 6.01. The van der Waals surface area contributed by atoms with Crippen LogP contribution in [0.25, 0.3) is 0 Å². The van der Waals surface area contributed by atoms with Gasteiger partial charge in [0, 0.05) is 24.4 Å². The molecule has 0 radical (unpaired) electrons. The Bertz CT molecular complexity index is 405. The number of carbonyl (C=O) groups is 2. The first-order valence-corrected chi connectivity index (χ1v) is 6.25. The number of aromatic nitrogens is 2. The van der Waals surface area contributed by atoms with E-state index in [4.69, 9.17) is 5.11 Å². The molecule has 0 fully saturated rings. The molecular weight excluding hydrogens is 248 g/mol. The fraction of sp³-hybridized carbons (Fsp3) is 0.583. The van der Waals surface area contributed by atoms with E-state index >= 15 is 0 Å². The third-order valence-electron chi connectivity index (χ3n) is 2.84. The van der Waals surface area contributed by atoms with Crippen LogP contribution in [0.1, 0.15) is 26.0 Å². The molecular formula is C12H20N4O3. The van der Waals surface area contributed by atoms with Crippen LogP contribution in [0.5, 0.6) is 0 Å². The zero-order valence-corrected chi connectivity index (χ0v) is 11.1. The Labute approximate surface area is 111 Å². The monoisotopic (exact) mass is 268 g/mol. The quantitative estimate of drug-likeness (QED) is 0.527. The predicted octanol–water partition coefficient (Wildman–Crippen LogP) is -0.0903. The Morgan fingerprint density at radius 3 is 2.79 bits per heavy atom. The molecule has 0 spiro atoms. The number of carbonyl (C=O) groups excluding carboxylic acids is 1. The number of hydrogen-bond acceptors (Lipinski definition) is 4. The van der Waals surface area contributed by atoms with Gasteiger partial charge in [-0.05, 0) is 13.3 Å². The SMILES string of the molecule is CCC(C)NCC(=O)NC(Cc1cnc[nH]1)C(=O)O. The van der Waals surface area contributed by atoms with Crippen LogP contribution >= 0.6 is 0 Å². The Morgan fingerprint density at radius 1 is 1.53 bits per heavy atom. The predicted molar refractivity (Wildman–Crippen MR) is 69.6 cm³/mol. The molecule has 1 aromatic heterocycles. The van der Waals surface area contributed by atoms with Crippen molar-refractivity contribution in [3.63, 3.8) is 0 Å². The molecule has 0 aromatic carbocycles. The van der Waals surface area contributed by atoms with Gasteiger partial charge < -0.3 is 20.7 Å². The van der Waals surface area contributed by atoms with Crippen LogP contribution in [0.3, 0.4) is 0 Å². The second-order valence-electron chi connectivity index (χ2n) is 4.43. The fourth-order valence-corrected chi connectivity index (χ4v) is 1.47. The van der Waals surface area contributed by atoms with Crippen LogP contribution in [0.2, 0.25) is 0 Å². The minimum Gasteiger partial charge on any atom is -0.480 e. The average molecular weight is 268 g/mol. The molecule has 19 heavy (non-hydrogen) atoms. The normalized spacial score (nSPS) is 13.8. The maximum atomic E-state index is 11.6. The summed E-state index contributed by atoms with van der Waals surface area (Å²) in [5, 5.41) is 14.6. The van der Waals surface area contributed by atoms with Crippen LogP contribution in [0.15, 0.2) is 12.5 Å². The topological polar surface area (TPSA) is 107 Å². The first-order chi connectivity index (χ1) is 9.02. The molecule has 106 valence electrons. The molecule has 0 bridgehead atoms. The number of aliphatic carboxylic acids is 1. The summed E-state index contributed by atoms with van der Waals surface area (Å²) in [5.74, 6) is -1.39. The van der Waals surface area contributed by atoms with Gasteiger partial charge in [0.05, 0.1) is 12.9 Å². The number of H-pyrrole nitrogens is 1. The van der Waals surface area contributed by atoms with Crippen LogP contribution in [-0.4, -0.2) is 45.6 Å². The van der Waals surface area contributed by atoms with Gasteiger partial charge >= 0.3 is 5.97 Å². The van der Waals surface area contributed by atoms with Gasteiger partial charge in [0.25, 0.3) is 0 Å². The molecule has 1 heterocycles. The first-order valence-electron chi connectivity index (χ1n) is 6.25. The van der Waals surface area contributed by atoms with Crippen LogP contribution in [-0.2, 0) is 16.0 Å². The molecule has 1 amide bonds. The first kappa shape index (κ1) is 15.2. The third kappa shape index (κ3) is 5.52. The highest BCUT2D eigenvalue weighted by atomic mass is 16.4. The molecule has 1 aromatic rings. The summed E-state index contributed by atoms with van der Waals surface area (Å²) in [6.07, 6.45) is 4.11. The van der Waals surface area contributed by atoms with Gasteiger partial charge in [-0.2, -0.15) is 0 Å². The van der Waals surface area contributed by atoms with Crippen molar-refractivity contribution in [2.45, 2.75) is 38.8 Å². The van der Waals surface area contributed by atoms with Crippen LogP contribution in [0.4, 0.5) is 0 Å². The number of nitrogens with one attached hydrogen (secondary N) is 3. The van der Waals surface area contributed by atoms with Crippen molar-refractivity contribution in [2.24, 2.45) is 0 Å². The van der Waals surface area contributed by atoms with Gasteiger partial charge in [-0.15, -0.1) is 0 Å². The second-order valence-corrected chi connectivity index (χ2v) is 4.43. The lowest BCUT2D eigenvalue weighted by atomic mass is 10.1. The molecule has 2 atom stereocenters. The maximum absolute atomic E-state index is 11.6. The van der Waals surface area contributed by atoms with Gasteiger partial charge in [-0.25, -0.2) is 9.78 Å². The van der Waals surface area contributed by atoms with Gasteiger partial charge in [-0.3, -0.25) is 4.79 Å². The minimum absolute atomic E-state index is 0.113. The lowest BCUT2D eigenvalue weighted by Crippen LogP contribution is -2.46. The number of nitrogens with zero attached hydrogens (tertiary/aromatic N) is 1. The van der Waals surface area contributed by atoms with Crippen molar-refractivity contribution in [3.05, 3.63) is 18.2 Å². The molecule has 0 aliphatic rings. The van der Waals surface area contributed by atoms with E-state index in [2.05, 4.69) is 20.6 Å². The Morgan fingerprint density at radius 2 is 2.26 bits per heavy atom. The lowest BCUT2D eigenvalue weighted by Gasteiger charge is -2.15. The van der Waals surface area contributed by atoms with Crippen molar-refractivity contribution in [1.29, 1.82) is 0 Å². The molecule has 7 nitrogen and oxygen atoms in total. The van der Waals surface area contributed by atoms with Crippen molar-refractivity contribution >= 4 is 11.9 Å². The highest BCUT2D eigenvalue weighted by molar-refractivity contribution is 5.84. The van der Waals surface area contributed by atoms with Crippen LogP contribution < -0.4 is 10.6 Å². The summed E-state index contributed by atoms with van der Waals surface area (Å²) < 4.78 is 0. The summed E-state index contributed by atoms with van der Waals surface area (Å²) in [6.45, 7) is 4.09. The number of imidazole rings is 1. The molecule has 0 saturated carbocycles. The minimum atomic E-state index is -1.06. The van der Waals surface area contributed by atoms with Gasteiger partial charge in [0.2, 0.25) is 5.91 Å². The number of aromatic amines is 1. The van der Waals surface area contributed by atoms with E-state index in [1.54, 1.807) is 6.20 Å². The molecule has 2 unspecified atom stereocenters. The fourth-order valence-electron chi connectivity index (χ4n) is 1.47. The third-order valence-corrected chi connectivity index (χ3v) is 2.84. The van der Waals surface area contributed by atoms with E-state index in [0.29, 0.717) is 5.69 Å². The summed E-state index contributed by atoms with van der Waals surface area (Å²) in [7, 11) is 0. The standard InChI is InChI=1S/C12H20N4O3/c1-3-8(2)14-6-11(17)16-10(12(18)19)4-9-5-13-7-15-9/h5,7-8,10,14H,3-4,6H2,1-2H3,(H,13,15)(H,16,17)(H,18,19). The smallest absolute Gasteiger partial charge is 0.326 e. The van der Waals surface area contributed by atoms with E-state index in [9.17, 15) is 9.59 Å². The summed E-state index contributed by atoms with van der Waals surface area (Å²) in [6, 6.07) is -0.728. The molecule has 0 aliphatic heterocycles. The zero-order chi connectivity index (χ0) is 14.3. The number of carboxylic acid groups (broad SMARTS) is 1. The molecule has 0 aliphatic carbocycles. The number of amides is 1. The molecule has 1 rings (SSSR count). The van der Waals surface area contributed by atoms with E-state index < -0.39 is 12.0 Å². The highest BCUT2D eigenvalue weighted by Gasteiger charge is 2.20. The lowest BCUT2D eigenvalue weighted by molar-refractivity contribution is -0.141. The summed E-state index contributed by atoms with van der Waals surface area (Å²) >= 11 is 0. The summed E-state index contributed by atoms with van der Waals surface area (Å²) in [4.78, 5) is 29.4. The number of rotatable bonds is 8. The van der Waals surface area contributed by atoms with E-state index in [-0.39, 0.29) is 24.9 Å². The average Bonchev–Trinajstić information content (AvgIpc) is 2.87. The van der Waals surface area contributed by atoms with Crippen molar-refractivity contribution in [1.82, 2.24) is 20.6 Å². The van der Waals surface area contributed by atoms with E-state index in [1.807, 2.05) is 13.8 Å². The largest absolute Gasteiger partial charge is 0.480 e. The van der Waals surface area contributed by atoms with Gasteiger partial charge in [0.15, 0.2) is 0 Å². The maximum Gasteiger partial charge on any atom is 0.326 e. The van der Waals surface area contributed by atoms with E-state index in [1.165, 1.54) is 6.33 Å². The van der Waals surface area contributed by atoms with E-state index in [0.717, 1.165) is 6.42 Å². The van der Waals surface area contributed by atoms with Crippen molar-refractivity contribution < 1.29 is 14.7 Å². The van der Waals surface area contributed by atoms with Gasteiger partial charge in [-0.1, -0.05) is 6.92 Å². The number of hydrogen-bond donors (Lipinski definition) is 4. The van der Waals surface area contributed by atoms with Crippen molar-refractivity contribution in [2.75, 3.05) is 6.54 Å². The highest BCUT2D eigenvalue weighted by Crippen LogP contribution is 1.98.